The lowest BCUT2D eigenvalue weighted by Crippen LogP contribution is -2.22. The van der Waals surface area contributed by atoms with Crippen molar-refractivity contribution >= 4 is 33.2 Å². The molecule has 0 atom stereocenters. The summed E-state index contributed by atoms with van der Waals surface area (Å²) in [5, 5.41) is 6.43. The van der Waals surface area contributed by atoms with Crippen molar-refractivity contribution in [3.05, 3.63) is 52.3 Å². The first-order valence-electron chi connectivity index (χ1n) is 8.41. The van der Waals surface area contributed by atoms with Gasteiger partial charge in [0.05, 0.1) is 11.3 Å². The maximum absolute atomic E-state index is 12.5. The molecule has 4 nitrogen and oxygen atoms in total. The molecule has 126 valence electrons. The number of anilines is 2. The molecule has 1 aliphatic carbocycles. The molecule has 0 spiro atoms. The third kappa shape index (κ3) is 4.35. The number of rotatable bonds is 4. The molecule has 1 saturated carbocycles. The van der Waals surface area contributed by atoms with E-state index in [1.165, 1.54) is 32.1 Å². The molecule has 1 aliphatic rings. The zero-order chi connectivity index (χ0) is 16.9. The third-order valence-electron chi connectivity index (χ3n) is 4.41. The first kappa shape index (κ1) is 17.0. The van der Waals surface area contributed by atoms with Gasteiger partial charge in [-0.15, -0.1) is 0 Å². The van der Waals surface area contributed by atoms with E-state index in [4.69, 9.17) is 0 Å². The van der Waals surface area contributed by atoms with Crippen molar-refractivity contribution in [2.24, 2.45) is 0 Å². The summed E-state index contributed by atoms with van der Waals surface area (Å²) in [5.74, 6) is -0.148. The number of aryl methyl sites for hydroxylation is 1. The molecule has 2 aromatic rings. The zero-order valence-electron chi connectivity index (χ0n) is 13.8. The quantitative estimate of drug-likeness (QED) is 0.762. The van der Waals surface area contributed by atoms with Crippen molar-refractivity contribution in [2.45, 2.75) is 45.1 Å². The van der Waals surface area contributed by atoms with Gasteiger partial charge in [0.2, 0.25) is 0 Å². The summed E-state index contributed by atoms with van der Waals surface area (Å²) in [6.07, 6.45) is 9.63. The Morgan fingerprint density at radius 3 is 2.67 bits per heavy atom. The van der Waals surface area contributed by atoms with Gasteiger partial charge in [0.1, 0.15) is 0 Å². The zero-order valence-corrected chi connectivity index (χ0v) is 15.4. The van der Waals surface area contributed by atoms with E-state index in [1.807, 2.05) is 31.2 Å². The fraction of sp³-hybridized carbons (Fsp3) is 0.368. The van der Waals surface area contributed by atoms with Crippen LogP contribution in [0.5, 0.6) is 0 Å². The molecule has 0 radical (unpaired) electrons. The fourth-order valence-electron chi connectivity index (χ4n) is 3.00. The number of carbonyl (C=O) groups is 1. The Kier molecular flexibility index (Phi) is 5.51. The number of aromatic nitrogens is 1. The molecule has 1 aromatic heterocycles. The van der Waals surface area contributed by atoms with E-state index >= 15 is 0 Å². The molecular weight excluding hydrogens is 366 g/mol. The minimum atomic E-state index is -0.148. The molecule has 2 N–H and O–H groups in total. The molecule has 3 rings (SSSR count). The maximum atomic E-state index is 12.5. The predicted octanol–water partition coefficient (Wildman–Crippen LogP) is 5.15. The van der Waals surface area contributed by atoms with E-state index in [2.05, 4.69) is 31.5 Å². The van der Waals surface area contributed by atoms with E-state index in [0.717, 1.165) is 21.4 Å². The number of nitrogens with one attached hydrogen (secondary N) is 2. The topological polar surface area (TPSA) is 54.0 Å². The summed E-state index contributed by atoms with van der Waals surface area (Å²) < 4.78 is 0.978. The van der Waals surface area contributed by atoms with Crippen molar-refractivity contribution in [1.82, 2.24) is 4.98 Å². The van der Waals surface area contributed by atoms with E-state index < -0.39 is 0 Å². The van der Waals surface area contributed by atoms with Gasteiger partial charge in [0, 0.05) is 28.6 Å². The van der Waals surface area contributed by atoms with Crippen LogP contribution in [0.4, 0.5) is 11.4 Å². The molecule has 0 bridgehead atoms. The summed E-state index contributed by atoms with van der Waals surface area (Å²) in [7, 11) is 0. The molecule has 0 saturated heterocycles. The van der Waals surface area contributed by atoms with Crippen LogP contribution in [0.15, 0.2) is 41.1 Å². The fourth-order valence-corrected chi connectivity index (χ4v) is 3.38. The second kappa shape index (κ2) is 7.79. The Morgan fingerprint density at radius 1 is 1.12 bits per heavy atom. The summed E-state index contributed by atoms with van der Waals surface area (Å²) in [6, 6.07) is 8.14. The Hall–Kier alpha value is -1.88. The Bertz CT molecular complexity index is 726. The van der Waals surface area contributed by atoms with Crippen molar-refractivity contribution in [1.29, 1.82) is 0 Å². The molecule has 1 heterocycles. The van der Waals surface area contributed by atoms with Crippen LogP contribution >= 0.6 is 15.9 Å². The van der Waals surface area contributed by atoms with Crippen LogP contribution in [0, 0.1) is 6.92 Å². The van der Waals surface area contributed by atoms with Crippen LogP contribution in [-0.2, 0) is 0 Å². The summed E-state index contributed by atoms with van der Waals surface area (Å²) >= 11 is 3.49. The monoisotopic (exact) mass is 387 g/mol. The highest BCUT2D eigenvalue weighted by Crippen LogP contribution is 2.23. The lowest BCUT2D eigenvalue weighted by Gasteiger charge is -2.23. The van der Waals surface area contributed by atoms with Crippen LogP contribution in [-0.4, -0.2) is 16.9 Å². The Morgan fingerprint density at radius 2 is 1.92 bits per heavy atom. The van der Waals surface area contributed by atoms with Gasteiger partial charge < -0.3 is 10.6 Å². The smallest absolute Gasteiger partial charge is 0.257 e. The highest BCUT2D eigenvalue weighted by molar-refractivity contribution is 9.10. The van der Waals surface area contributed by atoms with Crippen LogP contribution < -0.4 is 10.6 Å². The van der Waals surface area contributed by atoms with Gasteiger partial charge in [-0.2, -0.15) is 0 Å². The minimum Gasteiger partial charge on any atom is -0.381 e. The van der Waals surface area contributed by atoms with E-state index in [0.29, 0.717) is 11.6 Å². The van der Waals surface area contributed by atoms with Crippen LogP contribution in [0.3, 0.4) is 0 Å². The van der Waals surface area contributed by atoms with Crippen LogP contribution in [0.2, 0.25) is 0 Å². The highest BCUT2D eigenvalue weighted by atomic mass is 79.9. The number of carbonyl (C=O) groups excluding carboxylic acids is 1. The van der Waals surface area contributed by atoms with Crippen molar-refractivity contribution in [3.8, 4) is 0 Å². The van der Waals surface area contributed by atoms with Gasteiger partial charge >= 0.3 is 0 Å². The van der Waals surface area contributed by atoms with Gasteiger partial charge in [0.15, 0.2) is 0 Å². The number of amides is 1. The van der Waals surface area contributed by atoms with E-state index in [-0.39, 0.29) is 5.91 Å². The predicted molar refractivity (Wildman–Crippen MR) is 102 cm³/mol. The second-order valence-electron chi connectivity index (χ2n) is 6.36. The molecule has 1 fully saturated rings. The summed E-state index contributed by atoms with van der Waals surface area (Å²) in [6.45, 7) is 2.01. The van der Waals surface area contributed by atoms with E-state index in [9.17, 15) is 4.79 Å². The Labute approximate surface area is 151 Å². The average molecular weight is 388 g/mol. The number of halogens is 1. The number of nitrogens with zero attached hydrogens (tertiary/aromatic N) is 1. The van der Waals surface area contributed by atoms with Gasteiger partial charge in [-0.1, -0.05) is 41.3 Å². The minimum absolute atomic E-state index is 0.148. The molecule has 0 unspecified atom stereocenters. The molecular formula is C19H22BrN3O. The van der Waals surface area contributed by atoms with Gasteiger partial charge in [0.25, 0.3) is 5.91 Å². The van der Waals surface area contributed by atoms with Gasteiger partial charge in [-0.05, 0) is 43.5 Å². The standard InChI is InChI=1S/C19H22BrN3O/c1-13-7-8-16(10-18(13)20)23-19(24)14-9-17(12-21-11-14)22-15-5-3-2-4-6-15/h7-12,15,22H,2-6H2,1H3,(H,23,24). The number of pyridine rings is 1. The summed E-state index contributed by atoms with van der Waals surface area (Å²) in [5.41, 5.74) is 3.38. The SMILES string of the molecule is Cc1ccc(NC(=O)c2cncc(NC3CCCCC3)c2)cc1Br. The lowest BCUT2D eigenvalue weighted by atomic mass is 9.95. The van der Waals surface area contributed by atoms with Crippen LogP contribution in [0.25, 0.3) is 0 Å². The first-order chi connectivity index (χ1) is 11.6. The van der Waals surface area contributed by atoms with Crippen molar-refractivity contribution < 1.29 is 4.79 Å². The Balaban J connectivity index is 1.68. The molecule has 1 amide bonds. The van der Waals surface area contributed by atoms with Crippen LogP contribution in [0.1, 0.15) is 48.0 Å². The second-order valence-corrected chi connectivity index (χ2v) is 7.21. The lowest BCUT2D eigenvalue weighted by molar-refractivity contribution is 0.102. The molecule has 5 heteroatoms. The molecule has 1 aromatic carbocycles. The number of hydrogen-bond donors (Lipinski definition) is 2. The van der Waals surface area contributed by atoms with E-state index in [1.54, 1.807) is 12.4 Å². The van der Waals surface area contributed by atoms with Gasteiger partial charge in [-0.25, -0.2) is 0 Å². The average Bonchev–Trinajstić information content (AvgIpc) is 2.59. The highest BCUT2D eigenvalue weighted by Gasteiger charge is 2.14. The third-order valence-corrected chi connectivity index (χ3v) is 5.26. The number of benzene rings is 1. The number of hydrogen-bond acceptors (Lipinski definition) is 3. The summed E-state index contributed by atoms with van der Waals surface area (Å²) in [4.78, 5) is 16.7. The maximum Gasteiger partial charge on any atom is 0.257 e. The van der Waals surface area contributed by atoms with Crippen molar-refractivity contribution in [2.75, 3.05) is 10.6 Å². The van der Waals surface area contributed by atoms with Crippen molar-refractivity contribution in [3.63, 3.8) is 0 Å². The molecule has 0 aliphatic heterocycles. The largest absolute Gasteiger partial charge is 0.381 e. The normalized spacial score (nSPS) is 15.1. The molecule has 24 heavy (non-hydrogen) atoms. The first-order valence-corrected chi connectivity index (χ1v) is 9.20. The van der Waals surface area contributed by atoms with Gasteiger partial charge in [-0.3, -0.25) is 9.78 Å².